The summed E-state index contributed by atoms with van der Waals surface area (Å²) in [4.78, 5) is 13.2. The summed E-state index contributed by atoms with van der Waals surface area (Å²) >= 11 is 0. The van der Waals surface area contributed by atoms with Gasteiger partial charge in [-0.1, -0.05) is 24.5 Å². The smallest absolute Gasteiger partial charge is 0.309 e. The van der Waals surface area contributed by atoms with E-state index in [9.17, 15) is 4.79 Å². The maximum Gasteiger partial charge on any atom is 0.309 e. The summed E-state index contributed by atoms with van der Waals surface area (Å²) in [6.45, 7) is 4.50. The van der Waals surface area contributed by atoms with Gasteiger partial charge in [-0.15, -0.1) is 0 Å². The quantitative estimate of drug-likeness (QED) is 0.775. The molecule has 0 amide bonds. The third kappa shape index (κ3) is 4.21. The van der Waals surface area contributed by atoms with E-state index >= 15 is 0 Å². The molecule has 0 atom stereocenters. The van der Waals surface area contributed by atoms with Crippen LogP contribution in [0.4, 0.5) is 0 Å². The van der Waals surface area contributed by atoms with Gasteiger partial charge in [-0.3, -0.25) is 9.69 Å². The number of hydrogen-bond donors (Lipinski definition) is 1. The van der Waals surface area contributed by atoms with Gasteiger partial charge >= 0.3 is 5.97 Å². The van der Waals surface area contributed by atoms with Gasteiger partial charge in [0, 0.05) is 19.6 Å². The van der Waals surface area contributed by atoms with Crippen LogP contribution in [0.25, 0.3) is 5.57 Å². The molecule has 1 aliphatic heterocycles. The first-order valence-electron chi connectivity index (χ1n) is 10.5. The van der Waals surface area contributed by atoms with Gasteiger partial charge in [0.15, 0.2) is 0 Å². The minimum absolute atomic E-state index is 0.175. The molecule has 0 aromatic heterocycles. The van der Waals surface area contributed by atoms with E-state index in [1.54, 1.807) is 0 Å². The molecule has 0 spiro atoms. The average molecular weight is 370 g/mol. The molecule has 1 N–H and O–H groups in total. The second kappa shape index (κ2) is 8.05. The van der Waals surface area contributed by atoms with Crippen LogP contribution in [0.5, 0.6) is 5.75 Å². The molecule has 1 aromatic carbocycles. The third-order valence-corrected chi connectivity index (χ3v) is 6.53. The number of carboxylic acids is 1. The first-order chi connectivity index (χ1) is 13.1. The lowest BCUT2D eigenvalue weighted by molar-refractivity contribution is -0.147. The van der Waals surface area contributed by atoms with E-state index in [1.807, 2.05) is 0 Å². The molecule has 0 radical (unpaired) electrons. The zero-order valence-corrected chi connectivity index (χ0v) is 16.4. The van der Waals surface area contributed by atoms with Crippen LogP contribution in [0, 0.1) is 5.92 Å². The maximum absolute atomic E-state index is 11.0. The van der Waals surface area contributed by atoms with Crippen molar-refractivity contribution in [2.75, 3.05) is 19.6 Å². The van der Waals surface area contributed by atoms with Crippen LogP contribution in [0.1, 0.15) is 63.0 Å². The highest BCUT2D eigenvalue weighted by Crippen LogP contribution is 2.35. The monoisotopic (exact) mass is 369 g/mol. The highest BCUT2D eigenvalue weighted by molar-refractivity contribution is 5.73. The number of carboxylic acid groups (broad SMARTS) is 1. The highest BCUT2D eigenvalue weighted by atomic mass is 16.5. The summed E-state index contributed by atoms with van der Waals surface area (Å²) < 4.78 is 6.31. The number of hydrogen-bond acceptors (Lipinski definition) is 3. The number of benzene rings is 1. The molecule has 0 unspecified atom stereocenters. The van der Waals surface area contributed by atoms with Gasteiger partial charge in [-0.2, -0.15) is 0 Å². The fourth-order valence-corrected chi connectivity index (χ4v) is 4.75. The molecular formula is C23H31NO3. The third-order valence-electron chi connectivity index (χ3n) is 6.53. The van der Waals surface area contributed by atoms with E-state index in [4.69, 9.17) is 9.84 Å². The van der Waals surface area contributed by atoms with Crippen molar-refractivity contribution < 1.29 is 14.6 Å². The van der Waals surface area contributed by atoms with Gasteiger partial charge in [-0.25, -0.2) is 0 Å². The molecule has 4 rings (SSSR count). The number of aryl methyl sites for hydroxylation is 1. The zero-order valence-electron chi connectivity index (χ0n) is 16.4. The molecule has 146 valence electrons. The fraction of sp³-hybridized carbons (Fsp3) is 0.609. The molecule has 0 bridgehead atoms. The van der Waals surface area contributed by atoms with Gasteiger partial charge in [-0.05, 0) is 74.3 Å². The summed E-state index contributed by atoms with van der Waals surface area (Å²) in [5.41, 5.74) is 5.58. The number of allylic oxidation sites excluding steroid dienone is 1. The summed E-state index contributed by atoms with van der Waals surface area (Å²) in [5.74, 6) is 0.196. The van der Waals surface area contributed by atoms with Crippen LogP contribution >= 0.6 is 0 Å². The van der Waals surface area contributed by atoms with E-state index in [0.717, 1.165) is 25.1 Å². The van der Waals surface area contributed by atoms with Crippen molar-refractivity contribution in [3.8, 4) is 5.75 Å². The minimum Gasteiger partial charge on any atom is -0.490 e. The van der Waals surface area contributed by atoms with Crippen molar-refractivity contribution in [2.24, 2.45) is 5.92 Å². The van der Waals surface area contributed by atoms with Gasteiger partial charge in [0.25, 0.3) is 0 Å². The van der Waals surface area contributed by atoms with E-state index in [0.29, 0.717) is 19.2 Å². The van der Waals surface area contributed by atoms with Crippen molar-refractivity contribution in [3.05, 3.63) is 34.9 Å². The zero-order chi connectivity index (χ0) is 18.8. The number of carbonyl (C=O) groups is 1. The molecular weight excluding hydrogens is 338 g/mol. The molecule has 3 aliphatic rings. The van der Waals surface area contributed by atoms with Gasteiger partial charge < -0.3 is 9.84 Å². The van der Waals surface area contributed by atoms with Crippen molar-refractivity contribution in [1.29, 1.82) is 0 Å². The van der Waals surface area contributed by atoms with Crippen LogP contribution in [0.2, 0.25) is 0 Å². The number of rotatable bonds is 5. The Bertz CT molecular complexity index is 725. The molecule has 2 aliphatic carbocycles. The fourth-order valence-electron chi connectivity index (χ4n) is 4.75. The van der Waals surface area contributed by atoms with Crippen molar-refractivity contribution in [2.45, 2.75) is 64.4 Å². The second-order valence-electron chi connectivity index (χ2n) is 8.51. The minimum atomic E-state index is -0.660. The molecule has 1 heterocycles. The van der Waals surface area contributed by atoms with Gasteiger partial charge in [0.2, 0.25) is 0 Å². The predicted molar refractivity (Wildman–Crippen MR) is 107 cm³/mol. The van der Waals surface area contributed by atoms with Crippen molar-refractivity contribution >= 4 is 11.5 Å². The predicted octanol–water partition coefficient (Wildman–Crippen LogP) is 4.52. The molecule has 1 aromatic rings. The Morgan fingerprint density at radius 3 is 2.59 bits per heavy atom. The molecule has 2 fully saturated rings. The molecule has 4 heteroatoms. The number of fused-ring (bicyclic) bond motifs is 1. The van der Waals surface area contributed by atoms with Crippen LogP contribution in [-0.2, 0) is 11.2 Å². The lowest BCUT2D eigenvalue weighted by Crippen LogP contribution is -2.50. The lowest BCUT2D eigenvalue weighted by Gasteiger charge is -2.38. The van der Waals surface area contributed by atoms with Crippen molar-refractivity contribution in [1.82, 2.24) is 4.90 Å². The summed E-state index contributed by atoms with van der Waals surface area (Å²) in [5, 5.41) is 9.05. The van der Waals surface area contributed by atoms with Gasteiger partial charge in [0.05, 0.1) is 12.0 Å². The second-order valence-corrected chi connectivity index (χ2v) is 8.51. The summed E-state index contributed by atoms with van der Waals surface area (Å²) in [7, 11) is 0. The molecule has 1 saturated carbocycles. The van der Waals surface area contributed by atoms with Gasteiger partial charge in [0.1, 0.15) is 5.75 Å². The average Bonchev–Trinajstić information content (AvgIpc) is 2.87. The number of ether oxygens (including phenoxy) is 1. The topological polar surface area (TPSA) is 49.8 Å². The summed E-state index contributed by atoms with van der Waals surface area (Å²) in [6, 6.07) is 6.62. The molecule has 1 saturated heterocycles. The van der Waals surface area contributed by atoms with E-state index in [2.05, 4.69) is 30.0 Å². The van der Waals surface area contributed by atoms with Crippen LogP contribution in [0.15, 0.2) is 23.8 Å². The Morgan fingerprint density at radius 2 is 1.89 bits per heavy atom. The Hall–Kier alpha value is -1.81. The number of likely N-dealkylation sites (tertiary alicyclic amines) is 1. The standard InChI is InChI=1S/C23H31NO3/c1-16-18(13-24-14-19(15-24)23(25)26)9-8-17-12-21(10-11-22(16)17)27-20-6-4-2-3-5-7-20/h10-12,19-20H,2-9,13-15H2,1H3,(H,25,26). The first kappa shape index (κ1) is 18.5. The lowest BCUT2D eigenvalue weighted by atomic mass is 9.85. The normalized spacial score (nSPS) is 22.1. The van der Waals surface area contributed by atoms with Crippen LogP contribution in [0.3, 0.4) is 0 Å². The van der Waals surface area contributed by atoms with E-state index < -0.39 is 5.97 Å². The Balaban J connectivity index is 1.41. The van der Waals surface area contributed by atoms with E-state index in [1.165, 1.54) is 60.8 Å². The number of nitrogens with zero attached hydrogens (tertiary/aromatic N) is 1. The van der Waals surface area contributed by atoms with E-state index in [-0.39, 0.29) is 5.92 Å². The Labute approximate surface area is 162 Å². The maximum atomic E-state index is 11.0. The summed E-state index contributed by atoms with van der Waals surface area (Å²) in [6.07, 6.45) is 10.2. The highest BCUT2D eigenvalue weighted by Gasteiger charge is 2.33. The molecule has 27 heavy (non-hydrogen) atoms. The van der Waals surface area contributed by atoms with Crippen LogP contribution < -0.4 is 4.74 Å². The van der Waals surface area contributed by atoms with Crippen molar-refractivity contribution in [3.63, 3.8) is 0 Å². The Morgan fingerprint density at radius 1 is 1.15 bits per heavy atom. The van der Waals surface area contributed by atoms with Crippen LogP contribution in [-0.4, -0.2) is 41.7 Å². The largest absolute Gasteiger partial charge is 0.490 e. The number of aliphatic carboxylic acids is 1. The Kier molecular flexibility index (Phi) is 5.53. The first-order valence-corrected chi connectivity index (χ1v) is 10.5. The molecule has 4 nitrogen and oxygen atoms in total. The SMILES string of the molecule is CC1=C(CN2CC(C(=O)O)C2)CCc2cc(OC3CCCCCC3)ccc21.